The van der Waals surface area contributed by atoms with Crippen LogP contribution in [-0.4, -0.2) is 17.7 Å². The molecule has 0 spiro atoms. The lowest BCUT2D eigenvalue weighted by atomic mass is 9.87. The first-order valence-corrected chi connectivity index (χ1v) is 6.76. The SMILES string of the molecule is CCC1CCNC(CC(O)c2ccccc2)C1. The van der Waals surface area contributed by atoms with Gasteiger partial charge in [-0.05, 0) is 37.3 Å². The van der Waals surface area contributed by atoms with Crippen molar-refractivity contribution in [1.82, 2.24) is 5.32 Å². The first-order chi connectivity index (χ1) is 8.29. The van der Waals surface area contributed by atoms with Crippen molar-refractivity contribution in [2.45, 2.75) is 44.8 Å². The summed E-state index contributed by atoms with van der Waals surface area (Å²) in [6.45, 7) is 3.37. The third-order valence-electron chi connectivity index (χ3n) is 3.87. The zero-order chi connectivity index (χ0) is 12.1. The topological polar surface area (TPSA) is 32.3 Å². The van der Waals surface area contributed by atoms with E-state index in [1.165, 1.54) is 19.3 Å². The number of hydrogen-bond acceptors (Lipinski definition) is 2. The van der Waals surface area contributed by atoms with Crippen molar-refractivity contribution in [2.75, 3.05) is 6.54 Å². The molecule has 0 bridgehead atoms. The third-order valence-corrected chi connectivity index (χ3v) is 3.87. The monoisotopic (exact) mass is 233 g/mol. The molecule has 0 amide bonds. The van der Waals surface area contributed by atoms with Crippen LogP contribution in [0.3, 0.4) is 0 Å². The lowest BCUT2D eigenvalue weighted by Crippen LogP contribution is -2.38. The van der Waals surface area contributed by atoms with E-state index in [1.54, 1.807) is 0 Å². The molecule has 3 unspecified atom stereocenters. The quantitative estimate of drug-likeness (QED) is 0.838. The molecule has 0 aliphatic carbocycles. The Morgan fingerprint density at radius 3 is 2.82 bits per heavy atom. The van der Waals surface area contributed by atoms with Gasteiger partial charge in [-0.3, -0.25) is 0 Å². The normalized spacial score (nSPS) is 26.7. The summed E-state index contributed by atoms with van der Waals surface area (Å²) in [7, 11) is 0. The van der Waals surface area contributed by atoms with Crippen molar-refractivity contribution < 1.29 is 5.11 Å². The minimum Gasteiger partial charge on any atom is -0.388 e. The summed E-state index contributed by atoms with van der Waals surface area (Å²) >= 11 is 0. The van der Waals surface area contributed by atoms with Crippen LogP contribution in [0.2, 0.25) is 0 Å². The first kappa shape index (κ1) is 12.6. The second-order valence-corrected chi connectivity index (χ2v) is 5.11. The molecule has 1 aromatic rings. The Morgan fingerprint density at radius 1 is 1.35 bits per heavy atom. The average molecular weight is 233 g/mol. The van der Waals surface area contributed by atoms with Crippen LogP contribution in [0, 0.1) is 5.92 Å². The van der Waals surface area contributed by atoms with Crippen LogP contribution in [-0.2, 0) is 0 Å². The number of hydrogen-bond donors (Lipinski definition) is 2. The van der Waals surface area contributed by atoms with Gasteiger partial charge in [0.2, 0.25) is 0 Å². The Balaban J connectivity index is 1.88. The van der Waals surface area contributed by atoms with Gasteiger partial charge in [-0.15, -0.1) is 0 Å². The molecule has 3 atom stereocenters. The minimum absolute atomic E-state index is 0.329. The van der Waals surface area contributed by atoms with Gasteiger partial charge in [0, 0.05) is 6.04 Å². The maximum Gasteiger partial charge on any atom is 0.0804 e. The van der Waals surface area contributed by atoms with Crippen molar-refractivity contribution in [2.24, 2.45) is 5.92 Å². The lowest BCUT2D eigenvalue weighted by molar-refractivity contribution is 0.136. The third kappa shape index (κ3) is 3.55. The molecule has 2 N–H and O–H groups in total. The minimum atomic E-state index is -0.329. The fraction of sp³-hybridized carbons (Fsp3) is 0.600. The number of aliphatic hydroxyl groups is 1. The van der Waals surface area contributed by atoms with Crippen molar-refractivity contribution in [3.63, 3.8) is 0 Å². The highest BCUT2D eigenvalue weighted by atomic mass is 16.3. The van der Waals surface area contributed by atoms with Crippen LogP contribution < -0.4 is 5.32 Å². The molecule has 1 aliphatic heterocycles. The fourth-order valence-corrected chi connectivity index (χ4v) is 2.73. The summed E-state index contributed by atoms with van der Waals surface area (Å²) in [6, 6.07) is 10.4. The predicted molar refractivity (Wildman–Crippen MR) is 70.8 cm³/mol. The number of aliphatic hydroxyl groups excluding tert-OH is 1. The fourth-order valence-electron chi connectivity index (χ4n) is 2.73. The maximum atomic E-state index is 10.2. The van der Waals surface area contributed by atoms with Crippen molar-refractivity contribution >= 4 is 0 Å². The molecule has 0 radical (unpaired) electrons. The van der Waals surface area contributed by atoms with Crippen LogP contribution in [0.25, 0.3) is 0 Å². The summed E-state index contributed by atoms with van der Waals surface area (Å²) in [5, 5.41) is 13.7. The molecule has 1 saturated heterocycles. The van der Waals surface area contributed by atoms with Crippen LogP contribution in [0.4, 0.5) is 0 Å². The second-order valence-electron chi connectivity index (χ2n) is 5.11. The first-order valence-electron chi connectivity index (χ1n) is 6.76. The highest BCUT2D eigenvalue weighted by Gasteiger charge is 2.22. The van der Waals surface area contributed by atoms with E-state index in [4.69, 9.17) is 0 Å². The summed E-state index contributed by atoms with van der Waals surface area (Å²) in [5.41, 5.74) is 1.04. The highest BCUT2D eigenvalue weighted by Crippen LogP contribution is 2.25. The van der Waals surface area contributed by atoms with Crippen molar-refractivity contribution in [1.29, 1.82) is 0 Å². The van der Waals surface area contributed by atoms with Crippen LogP contribution in [0.1, 0.15) is 44.3 Å². The molecule has 2 nitrogen and oxygen atoms in total. The van der Waals surface area contributed by atoms with Crippen molar-refractivity contribution in [3.05, 3.63) is 35.9 Å². The van der Waals surface area contributed by atoms with E-state index >= 15 is 0 Å². The molecule has 0 saturated carbocycles. The number of rotatable bonds is 4. The molecule has 94 valence electrons. The lowest BCUT2D eigenvalue weighted by Gasteiger charge is -2.31. The van der Waals surface area contributed by atoms with Crippen LogP contribution >= 0.6 is 0 Å². The zero-order valence-electron chi connectivity index (χ0n) is 10.6. The smallest absolute Gasteiger partial charge is 0.0804 e. The van der Waals surface area contributed by atoms with Crippen molar-refractivity contribution in [3.8, 4) is 0 Å². The van der Waals surface area contributed by atoms with Crippen LogP contribution in [0.5, 0.6) is 0 Å². The summed E-state index contributed by atoms with van der Waals surface area (Å²) in [6.07, 6.45) is 4.26. The Labute approximate surface area is 104 Å². The van der Waals surface area contributed by atoms with E-state index in [0.717, 1.165) is 24.4 Å². The highest BCUT2D eigenvalue weighted by molar-refractivity contribution is 5.17. The van der Waals surface area contributed by atoms with Gasteiger partial charge in [0.25, 0.3) is 0 Å². The van der Waals surface area contributed by atoms with E-state index in [1.807, 2.05) is 30.3 Å². The average Bonchev–Trinajstić information content (AvgIpc) is 2.40. The van der Waals surface area contributed by atoms with Gasteiger partial charge in [0.05, 0.1) is 6.10 Å². The molecule has 0 aromatic heterocycles. The second kappa shape index (κ2) is 6.18. The molecule has 2 rings (SSSR count). The van der Waals surface area contributed by atoms with Gasteiger partial charge in [0.15, 0.2) is 0 Å². The van der Waals surface area contributed by atoms with E-state index in [0.29, 0.717) is 6.04 Å². The summed E-state index contributed by atoms with van der Waals surface area (Å²) in [4.78, 5) is 0. The Morgan fingerprint density at radius 2 is 2.12 bits per heavy atom. The molecule has 1 heterocycles. The maximum absolute atomic E-state index is 10.2. The van der Waals surface area contributed by atoms with Gasteiger partial charge in [0.1, 0.15) is 0 Å². The molecular weight excluding hydrogens is 210 g/mol. The Hall–Kier alpha value is -0.860. The van der Waals surface area contributed by atoms with E-state index in [2.05, 4.69) is 12.2 Å². The molecule has 1 fully saturated rings. The summed E-state index contributed by atoms with van der Waals surface area (Å²) in [5.74, 6) is 0.837. The van der Waals surface area contributed by atoms with E-state index < -0.39 is 0 Å². The van der Waals surface area contributed by atoms with Gasteiger partial charge in [-0.2, -0.15) is 0 Å². The van der Waals surface area contributed by atoms with E-state index in [-0.39, 0.29) is 6.10 Å². The van der Waals surface area contributed by atoms with E-state index in [9.17, 15) is 5.11 Å². The summed E-state index contributed by atoms with van der Waals surface area (Å²) < 4.78 is 0. The standard InChI is InChI=1S/C15H23NO/c1-2-12-8-9-16-14(10-12)11-15(17)13-6-4-3-5-7-13/h3-7,12,14-17H,2,8-11H2,1H3. The van der Waals surface area contributed by atoms with Crippen LogP contribution in [0.15, 0.2) is 30.3 Å². The molecule has 2 heteroatoms. The van der Waals surface area contributed by atoms with Gasteiger partial charge >= 0.3 is 0 Å². The molecule has 1 aromatic carbocycles. The van der Waals surface area contributed by atoms with Gasteiger partial charge < -0.3 is 10.4 Å². The van der Waals surface area contributed by atoms with Gasteiger partial charge in [-0.25, -0.2) is 0 Å². The Kier molecular flexibility index (Phi) is 4.57. The zero-order valence-corrected chi connectivity index (χ0v) is 10.6. The Bertz CT molecular complexity index is 325. The molecular formula is C15H23NO. The van der Waals surface area contributed by atoms with Gasteiger partial charge in [-0.1, -0.05) is 43.7 Å². The predicted octanol–water partition coefficient (Wildman–Crippen LogP) is 2.89. The molecule has 1 aliphatic rings. The number of nitrogens with one attached hydrogen (secondary N) is 1. The molecule has 17 heavy (non-hydrogen) atoms. The number of piperidine rings is 1. The largest absolute Gasteiger partial charge is 0.388 e. The number of benzene rings is 1.